The fourth-order valence-electron chi connectivity index (χ4n) is 3.02. The minimum atomic E-state index is -3.43. The first kappa shape index (κ1) is 19.4. The highest BCUT2D eigenvalue weighted by atomic mass is 32.2. The number of nitrogens with one attached hydrogen (secondary N) is 1. The van der Waals surface area contributed by atoms with Crippen molar-refractivity contribution in [3.05, 3.63) is 48.5 Å². The number of nitrogens with zero attached hydrogens (tertiary/aromatic N) is 2. The van der Waals surface area contributed by atoms with Crippen LogP contribution in [0.2, 0.25) is 0 Å². The third-order valence-electron chi connectivity index (χ3n) is 4.44. The van der Waals surface area contributed by atoms with E-state index in [1.807, 2.05) is 24.3 Å². The Hall–Kier alpha value is -1.94. The number of anilines is 1. The maximum Gasteiger partial charge on any atom is 0.243 e. The number of carbonyl (C=O) groups excluding carboxylic acids is 1. The molecule has 1 aliphatic heterocycles. The van der Waals surface area contributed by atoms with E-state index in [-0.39, 0.29) is 16.6 Å². The van der Waals surface area contributed by atoms with Gasteiger partial charge in [0.05, 0.1) is 20.9 Å². The average Bonchev–Trinajstić information content (AvgIpc) is 3.36. The van der Waals surface area contributed by atoms with Crippen LogP contribution in [0.15, 0.2) is 57.8 Å². The normalized spacial score (nSPS) is 15.1. The number of amides is 1. The van der Waals surface area contributed by atoms with E-state index in [2.05, 4.69) is 10.3 Å². The highest BCUT2D eigenvalue weighted by Gasteiger charge is 2.26. The lowest BCUT2D eigenvalue weighted by Crippen LogP contribution is -2.27. The summed E-state index contributed by atoms with van der Waals surface area (Å²) in [6.07, 6.45) is 1.80. The minimum absolute atomic E-state index is 0.153. The first-order chi connectivity index (χ1) is 13.5. The maximum absolute atomic E-state index is 12.5. The van der Waals surface area contributed by atoms with E-state index in [0.29, 0.717) is 18.8 Å². The number of rotatable bonds is 6. The van der Waals surface area contributed by atoms with Gasteiger partial charge >= 0.3 is 0 Å². The van der Waals surface area contributed by atoms with Crippen molar-refractivity contribution in [3.63, 3.8) is 0 Å². The largest absolute Gasteiger partial charge is 0.325 e. The molecule has 28 heavy (non-hydrogen) atoms. The molecule has 0 bridgehead atoms. The van der Waals surface area contributed by atoms with Crippen molar-refractivity contribution in [3.8, 4) is 0 Å². The van der Waals surface area contributed by atoms with Crippen LogP contribution in [-0.4, -0.2) is 42.5 Å². The van der Waals surface area contributed by atoms with Crippen molar-refractivity contribution in [1.29, 1.82) is 0 Å². The standard InChI is InChI=1S/C19H19N3O3S3/c23-18(13-26-19-21-16-5-1-2-6-17(16)27-19)20-14-7-9-15(10-8-14)28(24,25)22-11-3-4-12-22/h1-2,5-10H,3-4,11-13H2,(H,20,23). The van der Waals surface area contributed by atoms with Crippen molar-refractivity contribution in [1.82, 2.24) is 9.29 Å². The van der Waals surface area contributed by atoms with Gasteiger partial charge in [0, 0.05) is 18.8 Å². The predicted octanol–water partition coefficient (Wildman–Crippen LogP) is 3.81. The molecule has 1 saturated heterocycles. The summed E-state index contributed by atoms with van der Waals surface area (Å²) in [6.45, 7) is 1.15. The fourth-order valence-corrected chi connectivity index (χ4v) is 6.41. The third kappa shape index (κ3) is 4.22. The molecular formula is C19H19N3O3S3. The van der Waals surface area contributed by atoms with Crippen LogP contribution in [0.4, 0.5) is 5.69 Å². The van der Waals surface area contributed by atoms with Crippen LogP contribution in [0.1, 0.15) is 12.8 Å². The van der Waals surface area contributed by atoms with E-state index in [4.69, 9.17) is 0 Å². The second kappa shape index (κ2) is 8.20. The maximum atomic E-state index is 12.5. The molecule has 1 amide bonds. The van der Waals surface area contributed by atoms with E-state index in [1.54, 1.807) is 35.6 Å². The molecule has 1 N–H and O–H groups in total. The third-order valence-corrected chi connectivity index (χ3v) is 8.53. The van der Waals surface area contributed by atoms with Crippen LogP contribution in [0.25, 0.3) is 10.2 Å². The number of hydrogen-bond acceptors (Lipinski definition) is 6. The van der Waals surface area contributed by atoms with E-state index >= 15 is 0 Å². The van der Waals surface area contributed by atoms with E-state index in [9.17, 15) is 13.2 Å². The Morgan fingerprint density at radius 1 is 1.11 bits per heavy atom. The topological polar surface area (TPSA) is 79.4 Å². The Morgan fingerprint density at radius 3 is 2.54 bits per heavy atom. The molecule has 0 aliphatic carbocycles. The van der Waals surface area contributed by atoms with Crippen LogP contribution in [0.5, 0.6) is 0 Å². The second-order valence-electron chi connectivity index (χ2n) is 6.42. The molecule has 0 atom stereocenters. The molecule has 4 rings (SSSR count). The summed E-state index contributed by atoms with van der Waals surface area (Å²) in [5.74, 6) is 0.0904. The summed E-state index contributed by atoms with van der Waals surface area (Å²) in [4.78, 5) is 17.0. The number of para-hydroxylation sites is 1. The first-order valence-electron chi connectivity index (χ1n) is 8.91. The molecule has 2 aromatic carbocycles. The zero-order valence-corrected chi connectivity index (χ0v) is 17.4. The van der Waals surface area contributed by atoms with Crippen LogP contribution < -0.4 is 5.32 Å². The predicted molar refractivity (Wildman–Crippen MR) is 113 cm³/mol. The summed E-state index contributed by atoms with van der Waals surface area (Å²) in [5.41, 5.74) is 1.51. The summed E-state index contributed by atoms with van der Waals surface area (Å²) in [7, 11) is -3.43. The summed E-state index contributed by atoms with van der Waals surface area (Å²) in [6, 6.07) is 14.2. The molecule has 1 aliphatic rings. The smallest absolute Gasteiger partial charge is 0.243 e. The molecule has 3 aromatic rings. The number of benzene rings is 2. The zero-order valence-electron chi connectivity index (χ0n) is 15.0. The van der Waals surface area contributed by atoms with Crippen molar-refractivity contribution in [2.75, 3.05) is 24.2 Å². The molecule has 9 heteroatoms. The molecule has 6 nitrogen and oxygen atoms in total. The van der Waals surface area contributed by atoms with Gasteiger partial charge in [0.1, 0.15) is 0 Å². The molecule has 2 heterocycles. The molecule has 0 unspecified atom stereocenters. The van der Waals surface area contributed by atoms with Gasteiger partial charge in [-0.3, -0.25) is 4.79 Å². The number of sulfonamides is 1. The quantitative estimate of drug-likeness (QED) is 0.598. The van der Waals surface area contributed by atoms with E-state index in [1.165, 1.54) is 16.1 Å². The molecule has 0 saturated carbocycles. The monoisotopic (exact) mass is 433 g/mol. The lowest BCUT2D eigenvalue weighted by Gasteiger charge is -2.15. The number of hydrogen-bond donors (Lipinski definition) is 1. The lowest BCUT2D eigenvalue weighted by atomic mass is 10.3. The second-order valence-corrected chi connectivity index (χ2v) is 10.6. The Morgan fingerprint density at radius 2 is 1.82 bits per heavy atom. The van der Waals surface area contributed by atoms with Gasteiger partial charge in [0.25, 0.3) is 0 Å². The van der Waals surface area contributed by atoms with Crippen LogP contribution in [0.3, 0.4) is 0 Å². The van der Waals surface area contributed by atoms with Crippen LogP contribution >= 0.6 is 23.1 Å². The van der Waals surface area contributed by atoms with Gasteiger partial charge < -0.3 is 5.32 Å². The van der Waals surface area contributed by atoms with Gasteiger partial charge in [-0.15, -0.1) is 11.3 Å². The molecule has 0 spiro atoms. The van der Waals surface area contributed by atoms with Gasteiger partial charge in [-0.1, -0.05) is 23.9 Å². The molecule has 146 valence electrons. The molecule has 0 radical (unpaired) electrons. The van der Waals surface area contributed by atoms with Gasteiger partial charge in [0.15, 0.2) is 4.34 Å². The lowest BCUT2D eigenvalue weighted by molar-refractivity contribution is -0.113. The Balaban J connectivity index is 1.35. The minimum Gasteiger partial charge on any atom is -0.325 e. The van der Waals surface area contributed by atoms with Crippen LogP contribution in [0, 0.1) is 0 Å². The van der Waals surface area contributed by atoms with Gasteiger partial charge in [-0.25, -0.2) is 13.4 Å². The Kier molecular flexibility index (Phi) is 5.68. The highest BCUT2D eigenvalue weighted by Crippen LogP contribution is 2.29. The Bertz CT molecular complexity index is 1060. The van der Waals surface area contributed by atoms with Gasteiger partial charge in [0.2, 0.25) is 15.9 Å². The van der Waals surface area contributed by atoms with Gasteiger partial charge in [-0.05, 0) is 49.2 Å². The molecule has 1 aromatic heterocycles. The van der Waals surface area contributed by atoms with Crippen molar-refractivity contribution in [2.24, 2.45) is 0 Å². The van der Waals surface area contributed by atoms with Crippen molar-refractivity contribution < 1.29 is 13.2 Å². The summed E-state index contributed by atoms with van der Waals surface area (Å²) in [5, 5.41) is 2.80. The number of fused-ring (bicyclic) bond motifs is 1. The average molecular weight is 434 g/mol. The van der Waals surface area contributed by atoms with E-state index in [0.717, 1.165) is 27.4 Å². The van der Waals surface area contributed by atoms with Crippen molar-refractivity contribution >= 4 is 54.9 Å². The van der Waals surface area contributed by atoms with Crippen LogP contribution in [-0.2, 0) is 14.8 Å². The highest BCUT2D eigenvalue weighted by molar-refractivity contribution is 8.01. The van der Waals surface area contributed by atoms with E-state index < -0.39 is 10.0 Å². The first-order valence-corrected chi connectivity index (χ1v) is 12.1. The number of thiazole rings is 1. The fraction of sp³-hybridized carbons (Fsp3) is 0.263. The summed E-state index contributed by atoms with van der Waals surface area (Å²) >= 11 is 2.95. The van der Waals surface area contributed by atoms with Crippen molar-refractivity contribution in [2.45, 2.75) is 22.1 Å². The molecule has 1 fully saturated rings. The number of thioether (sulfide) groups is 1. The summed E-state index contributed by atoms with van der Waals surface area (Å²) < 4.78 is 28.5. The Labute approximate surface area is 172 Å². The number of carbonyl (C=O) groups is 1. The van der Waals surface area contributed by atoms with Gasteiger partial charge in [-0.2, -0.15) is 4.31 Å². The SMILES string of the molecule is O=C(CSc1nc2ccccc2s1)Nc1ccc(S(=O)(=O)N2CCCC2)cc1. The number of aromatic nitrogens is 1. The zero-order chi connectivity index (χ0) is 19.6. The molecular weight excluding hydrogens is 414 g/mol.